The number of rotatable bonds is 5. The van der Waals surface area contributed by atoms with Crippen LogP contribution in [0.25, 0.3) is 0 Å². The lowest BCUT2D eigenvalue weighted by Gasteiger charge is -2.16. The zero-order valence-electron chi connectivity index (χ0n) is 8.43. The van der Waals surface area contributed by atoms with Crippen molar-refractivity contribution in [2.24, 2.45) is 5.92 Å². The van der Waals surface area contributed by atoms with Gasteiger partial charge in [-0.05, 0) is 0 Å². The Bertz CT molecular complexity index is 277. The van der Waals surface area contributed by atoms with Crippen molar-refractivity contribution >= 4 is 11.9 Å². The highest BCUT2D eigenvalue weighted by Crippen LogP contribution is 2.18. The molecule has 0 aromatic heterocycles. The molecule has 1 aliphatic heterocycles. The summed E-state index contributed by atoms with van der Waals surface area (Å²) in [6, 6.07) is 0. The minimum atomic E-state index is -1.39. The van der Waals surface area contributed by atoms with E-state index in [9.17, 15) is 9.59 Å². The number of hydrogen-bond donors (Lipinski definition) is 2. The van der Waals surface area contributed by atoms with E-state index in [1.807, 2.05) is 0 Å². The number of aliphatic hydroxyl groups is 1. The molecule has 5 nitrogen and oxygen atoms in total. The van der Waals surface area contributed by atoms with Crippen molar-refractivity contribution in [1.82, 2.24) is 4.90 Å². The second-order valence-electron chi connectivity index (χ2n) is 3.68. The molecular weight excluding hydrogens is 198 g/mol. The molecule has 2 atom stereocenters. The van der Waals surface area contributed by atoms with E-state index in [0.29, 0.717) is 13.0 Å². The average Bonchev–Trinajstić information content (AvgIpc) is 2.55. The van der Waals surface area contributed by atoms with Crippen molar-refractivity contribution in [2.75, 3.05) is 13.1 Å². The van der Waals surface area contributed by atoms with E-state index in [2.05, 4.69) is 6.58 Å². The molecule has 0 spiro atoms. The molecule has 0 bridgehead atoms. The van der Waals surface area contributed by atoms with E-state index in [4.69, 9.17) is 10.2 Å². The molecule has 1 saturated heterocycles. The van der Waals surface area contributed by atoms with Crippen molar-refractivity contribution in [1.29, 1.82) is 0 Å². The Morgan fingerprint density at radius 2 is 2.40 bits per heavy atom. The van der Waals surface area contributed by atoms with E-state index < -0.39 is 12.1 Å². The van der Waals surface area contributed by atoms with Crippen molar-refractivity contribution in [3.63, 3.8) is 0 Å². The number of amides is 1. The number of likely N-dealkylation sites (tertiary alicyclic amines) is 1. The molecule has 15 heavy (non-hydrogen) atoms. The first kappa shape index (κ1) is 11.7. The van der Waals surface area contributed by atoms with E-state index in [1.54, 1.807) is 11.0 Å². The molecule has 0 aliphatic carbocycles. The van der Waals surface area contributed by atoms with Gasteiger partial charge in [0.25, 0.3) is 0 Å². The Hall–Kier alpha value is -1.36. The van der Waals surface area contributed by atoms with Crippen molar-refractivity contribution < 1.29 is 19.8 Å². The molecule has 5 heteroatoms. The molecule has 0 aromatic carbocycles. The zero-order chi connectivity index (χ0) is 11.4. The first-order valence-electron chi connectivity index (χ1n) is 4.85. The Morgan fingerprint density at radius 3 is 2.87 bits per heavy atom. The lowest BCUT2D eigenvalue weighted by atomic mass is 10.1. The van der Waals surface area contributed by atoms with Crippen LogP contribution >= 0.6 is 0 Å². The van der Waals surface area contributed by atoms with Crippen LogP contribution in [0.2, 0.25) is 0 Å². The first-order valence-corrected chi connectivity index (χ1v) is 4.85. The maximum Gasteiger partial charge on any atom is 0.332 e. The summed E-state index contributed by atoms with van der Waals surface area (Å²) in [7, 11) is 0. The first-order chi connectivity index (χ1) is 7.04. The van der Waals surface area contributed by atoms with Crippen LogP contribution in [-0.2, 0) is 9.59 Å². The van der Waals surface area contributed by atoms with Crippen LogP contribution in [0.3, 0.4) is 0 Å². The average molecular weight is 213 g/mol. The number of nitrogens with zero attached hydrogens (tertiary/aromatic N) is 1. The minimum Gasteiger partial charge on any atom is -0.479 e. The maximum atomic E-state index is 11.4. The molecule has 1 unspecified atom stereocenters. The Kier molecular flexibility index (Phi) is 3.85. The summed E-state index contributed by atoms with van der Waals surface area (Å²) in [6.07, 6.45) is 0.851. The molecule has 84 valence electrons. The van der Waals surface area contributed by atoms with Crippen LogP contribution in [0.15, 0.2) is 12.7 Å². The van der Waals surface area contributed by atoms with E-state index in [-0.39, 0.29) is 24.8 Å². The number of aliphatic hydroxyl groups excluding tert-OH is 1. The normalized spacial score (nSPS) is 22.9. The molecule has 1 amide bonds. The number of aliphatic carboxylic acids is 1. The van der Waals surface area contributed by atoms with E-state index in [0.717, 1.165) is 0 Å². The fourth-order valence-electron chi connectivity index (χ4n) is 1.58. The Balaban J connectivity index is 2.36. The maximum absolute atomic E-state index is 11.4. The van der Waals surface area contributed by atoms with Gasteiger partial charge in [0, 0.05) is 31.8 Å². The van der Waals surface area contributed by atoms with Gasteiger partial charge in [0.1, 0.15) is 0 Å². The van der Waals surface area contributed by atoms with Crippen LogP contribution in [0.5, 0.6) is 0 Å². The number of carboxylic acid groups (broad SMARTS) is 1. The van der Waals surface area contributed by atoms with Gasteiger partial charge in [0.05, 0.1) is 0 Å². The minimum absolute atomic E-state index is 0.00233. The monoisotopic (exact) mass is 213 g/mol. The highest BCUT2D eigenvalue weighted by molar-refractivity contribution is 5.79. The van der Waals surface area contributed by atoms with E-state index >= 15 is 0 Å². The summed E-state index contributed by atoms with van der Waals surface area (Å²) < 4.78 is 0. The molecular formula is C10H15NO4. The summed E-state index contributed by atoms with van der Waals surface area (Å²) in [5, 5.41) is 17.5. The number of carbonyl (C=O) groups excluding carboxylic acids is 1. The highest BCUT2D eigenvalue weighted by Gasteiger charge is 2.28. The smallest absolute Gasteiger partial charge is 0.332 e. The summed E-state index contributed by atoms with van der Waals surface area (Å²) >= 11 is 0. The van der Waals surface area contributed by atoms with Gasteiger partial charge in [-0.25, -0.2) is 4.79 Å². The lowest BCUT2D eigenvalue weighted by Crippen LogP contribution is -2.31. The van der Waals surface area contributed by atoms with Gasteiger partial charge in [0.2, 0.25) is 5.91 Å². The fourth-order valence-corrected chi connectivity index (χ4v) is 1.58. The third kappa shape index (κ3) is 3.06. The van der Waals surface area contributed by atoms with Gasteiger partial charge in [-0.3, -0.25) is 4.79 Å². The van der Waals surface area contributed by atoms with Gasteiger partial charge in [0.15, 0.2) is 6.10 Å². The zero-order valence-corrected chi connectivity index (χ0v) is 8.43. The fraction of sp³-hybridized carbons (Fsp3) is 0.600. The Morgan fingerprint density at radius 1 is 1.73 bits per heavy atom. The SMILES string of the molecule is C=CC1CC(=O)N(CC[C@H](O)C(=O)O)C1. The van der Waals surface area contributed by atoms with Gasteiger partial charge >= 0.3 is 5.97 Å². The molecule has 1 fully saturated rings. The number of carbonyl (C=O) groups is 2. The van der Waals surface area contributed by atoms with Crippen LogP contribution in [0.1, 0.15) is 12.8 Å². The third-order valence-electron chi connectivity index (χ3n) is 2.54. The number of carboxylic acids is 1. The molecule has 0 saturated carbocycles. The van der Waals surface area contributed by atoms with Crippen molar-refractivity contribution in [3.8, 4) is 0 Å². The summed E-state index contributed by atoms with van der Waals surface area (Å²) in [6.45, 7) is 4.48. The van der Waals surface area contributed by atoms with Crippen molar-refractivity contribution in [2.45, 2.75) is 18.9 Å². The third-order valence-corrected chi connectivity index (χ3v) is 2.54. The second-order valence-corrected chi connectivity index (χ2v) is 3.68. The van der Waals surface area contributed by atoms with Crippen LogP contribution in [-0.4, -0.2) is 46.2 Å². The quantitative estimate of drug-likeness (QED) is 0.623. The van der Waals surface area contributed by atoms with Gasteiger partial charge in [-0.2, -0.15) is 0 Å². The predicted octanol–water partition coefficient (Wildman–Crippen LogP) is -0.144. The highest BCUT2D eigenvalue weighted by atomic mass is 16.4. The van der Waals surface area contributed by atoms with Gasteiger partial charge in [-0.1, -0.05) is 6.08 Å². The second kappa shape index (κ2) is 4.93. The van der Waals surface area contributed by atoms with Gasteiger partial charge in [-0.15, -0.1) is 6.58 Å². The molecule has 0 radical (unpaired) electrons. The molecule has 1 rings (SSSR count). The molecule has 2 N–H and O–H groups in total. The van der Waals surface area contributed by atoms with Crippen LogP contribution in [0, 0.1) is 5.92 Å². The van der Waals surface area contributed by atoms with E-state index in [1.165, 1.54) is 0 Å². The lowest BCUT2D eigenvalue weighted by molar-refractivity contribution is -0.147. The van der Waals surface area contributed by atoms with Crippen LogP contribution in [0.4, 0.5) is 0 Å². The summed E-state index contributed by atoms with van der Waals surface area (Å²) in [4.78, 5) is 23.3. The topological polar surface area (TPSA) is 77.8 Å². The van der Waals surface area contributed by atoms with Crippen LogP contribution < -0.4 is 0 Å². The summed E-state index contributed by atoms with van der Waals surface area (Å²) in [5.41, 5.74) is 0. The summed E-state index contributed by atoms with van der Waals surface area (Å²) in [5.74, 6) is -1.10. The predicted molar refractivity (Wildman–Crippen MR) is 53.1 cm³/mol. The molecule has 1 heterocycles. The van der Waals surface area contributed by atoms with Crippen molar-refractivity contribution in [3.05, 3.63) is 12.7 Å². The standard InChI is InChI=1S/C10H15NO4/c1-2-7-5-9(13)11(6-7)4-3-8(12)10(14)15/h2,7-8,12H,1,3-6H2,(H,14,15)/t7?,8-/m0/s1. The largest absolute Gasteiger partial charge is 0.479 e. The van der Waals surface area contributed by atoms with Gasteiger partial charge < -0.3 is 15.1 Å². The molecule has 1 aliphatic rings. The Labute approximate surface area is 88.0 Å². The molecule has 0 aromatic rings. The number of hydrogen-bond acceptors (Lipinski definition) is 3.